The van der Waals surface area contributed by atoms with Crippen LogP contribution in [-0.4, -0.2) is 19.9 Å². The number of rotatable bonds is 2. The standard InChI is InChI=1S/C32H22N4/c1-3-7-21(8-4-1)29-20-28-19-26-14-13-24(34-26)17-23-11-12-25(33-23)18-27-15-16-30(35-27)31(32(29)36-28)22-9-5-2-6-10-22/h1-20,34,36H. The normalized spacial score (nSPS) is 12.2. The van der Waals surface area contributed by atoms with Crippen molar-refractivity contribution in [3.63, 3.8) is 0 Å². The maximum atomic E-state index is 5.03. The van der Waals surface area contributed by atoms with Crippen molar-refractivity contribution in [1.29, 1.82) is 0 Å². The van der Waals surface area contributed by atoms with E-state index in [1.54, 1.807) is 0 Å². The van der Waals surface area contributed by atoms with E-state index in [2.05, 4.69) is 101 Å². The summed E-state index contributed by atoms with van der Waals surface area (Å²) in [5.41, 5.74) is 12.2. The monoisotopic (exact) mass is 462 g/mol. The highest BCUT2D eigenvalue weighted by atomic mass is 14.8. The Labute approximate surface area is 208 Å². The van der Waals surface area contributed by atoms with E-state index in [4.69, 9.17) is 9.97 Å². The van der Waals surface area contributed by atoms with Crippen molar-refractivity contribution in [1.82, 2.24) is 19.9 Å². The van der Waals surface area contributed by atoms with E-state index in [0.717, 1.165) is 67.1 Å². The molecule has 2 aromatic carbocycles. The topological polar surface area (TPSA) is 57.4 Å². The van der Waals surface area contributed by atoms with Crippen LogP contribution >= 0.6 is 0 Å². The largest absolute Gasteiger partial charge is 0.355 e. The first-order chi connectivity index (χ1) is 17.8. The zero-order valence-corrected chi connectivity index (χ0v) is 19.4. The van der Waals surface area contributed by atoms with E-state index in [9.17, 15) is 0 Å². The molecule has 0 atom stereocenters. The van der Waals surface area contributed by atoms with Crippen molar-refractivity contribution >= 4 is 46.4 Å². The minimum atomic E-state index is 0.886. The Morgan fingerprint density at radius 3 is 1.89 bits per heavy atom. The molecular weight excluding hydrogens is 440 g/mol. The van der Waals surface area contributed by atoms with Crippen LogP contribution in [0.2, 0.25) is 0 Å². The third-order valence-electron chi connectivity index (χ3n) is 6.48. The molecule has 0 aliphatic carbocycles. The molecule has 2 aliphatic rings. The lowest BCUT2D eigenvalue weighted by atomic mass is 9.99. The van der Waals surface area contributed by atoms with Crippen molar-refractivity contribution in [2.45, 2.75) is 0 Å². The Kier molecular flexibility index (Phi) is 4.74. The van der Waals surface area contributed by atoms with E-state index in [-0.39, 0.29) is 0 Å². The fourth-order valence-electron chi connectivity index (χ4n) is 4.85. The van der Waals surface area contributed by atoms with E-state index >= 15 is 0 Å². The van der Waals surface area contributed by atoms with Crippen LogP contribution in [-0.2, 0) is 0 Å². The van der Waals surface area contributed by atoms with Crippen LogP contribution in [0.4, 0.5) is 0 Å². The first kappa shape index (κ1) is 20.4. The lowest BCUT2D eigenvalue weighted by Gasteiger charge is -2.07. The Morgan fingerprint density at radius 1 is 0.472 bits per heavy atom. The molecule has 7 rings (SSSR count). The molecule has 0 radical (unpaired) electrons. The van der Waals surface area contributed by atoms with Gasteiger partial charge in [0, 0.05) is 27.7 Å². The molecule has 36 heavy (non-hydrogen) atoms. The molecule has 170 valence electrons. The molecule has 3 aromatic heterocycles. The van der Waals surface area contributed by atoms with Crippen LogP contribution < -0.4 is 0 Å². The molecule has 0 saturated carbocycles. The third kappa shape index (κ3) is 3.75. The molecule has 8 bridgehead atoms. The van der Waals surface area contributed by atoms with Crippen LogP contribution in [0.1, 0.15) is 22.8 Å². The van der Waals surface area contributed by atoms with Gasteiger partial charge in [-0.15, -0.1) is 0 Å². The first-order valence-electron chi connectivity index (χ1n) is 12.0. The average molecular weight is 463 g/mol. The maximum absolute atomic E-state index is 5.03. The molecule has 0 amide bonds. The third-order valence-corrected chi connectivity index (χ3v) is 6.48. The van der Waals surface area contributed by atoms with Gasteiger partial charge in [-0.2, -0.15) is 0 Å². The molecule has 5 aromatic rings. The van der Waals surface area contributed by atoms with Gasteiger partial charge in [-0.25, -0.2) is 9.97 Å². The predicted molar refractivity (Wildman–Crippen MR) is 150 cm³/mol. The van der Waals surface area contributed by atoms with Crippen LogP contribution in [0, 0.1) is 0 Å². The average Bonchev–Trinajstić information content (AvgIpc) is 3.71. The Morgan fingerprint density at radius 2 is 1.11 bits per heavy atom. The van der Waals surface area contributed by atoms with Gasteiger partial charge in [-0.1, -0.05) is 60.7 Å². The molecule has 0 spiro atoms. The number of hydrogen-bond donors (Lipinski definition) is 2. The fraction of sp³-hybridized carbons (Fsp3) is 0. The number of benzene rings is 2. The highest BCUT2D eigenvalue weighted by molar-refractivity contribution is 5.99. The zero-order valence-electron chi connectivity index (χ0n) is 19.4. The second-order valence-corrected chi connectivity index (χ2v) is 8.97. The van der Waals surface area contributed by atoms with Crippen molar-refractivity contribution in [3.8, 4) is 22.3 Å². The summed E-state index contributed by atoms with van der Waals surface area (Å²) < 4.78 is 0. The molecule has 4 heteroatoms. The second-order valence-electron chi connectivity index (χ2n) is 8.97. The van der Waals surface area contributed by atoms with Crippen molar-refractivity contribution in [3.05, 3.63) is 120 Å². The Bertz CT molecular complexity index is 1820. The molecule has 2 N–H and O–H groups in total. The first-order valence-corrected chi connectivity index (χ1v) is 12.0. The second kappa shape index (κ2) is 8.36. The van der Waals surface area contributed by atoms with Crippen LogP contribution in [0.25, 0.3) is 68.6 Å². The van der Waals surface area contributed by atoms with Crippen LogP contribution in [0.5, 0.6) is 0 Å². The van der Waals surface area contributed by atoms with Gasteiger partial charge in [0.05, 0.1) is 28.3 Å². The van der Waals surface area contributed by atoms with E-state index in [1.165, 1.54) is 0 Å². The van der Waals surface area contributed by atoms with Crippen LogP contribution in [0.15, 0.2) is 97.1 Å². The van der Waals surface area contributed by atoms with E-state index < -0.39 is 0 Å². The summed E-state index contributed by atoms with van der Waals surface area (Å²) in [6.45, 7) is 0. The van der Waals surface area contributed by atoms with E-state index in [1.807, 2.05) is 30.4 Å². The fourth-order valence-corrected chi connectivity index (χ4v) is 4.85. The van der Waals surface area contributed by atoms with Crippen LogP contribution in [0.3, 0.4) is 0 Å². The number of hydrogen-bond acceptors (Lipinski definition) is 2. The number of H-pyrrole nitrogens is 2. The van der Waals surface area contributed by atoms with Crippen molar-refractivity contribution in [2.24, 2.45) is 0 Å². The summed E-state index contributed by atoms with van der Waals surface area (Å²) in [6.07, 6.45) is 8.21. The molecule has 4 nitrogen and oxygen atoms in total. The number of aromatic nitrogens is 4. The minimum Gasteiger partial charge on any atom is -0.355 e. The molecular formula is C32H22N4. The number of fused-ring (bicyclic) bond motifs is 8. The summed E-state index contributed by atoms with van der Waals surface area (Å²) in [4.78, 5) is 17.0. The Hall–Kier alpha value is -4.96. The van der Waals surface area contributed by atoms with Crippen molar-refractivity contribution < 1.29 is 0 Å². The molecule has 0 fully saturated rings. The van der Waals surface area contributed by atoms with Gasteiger partial charge in [0.25, 0.3) is 0 Å². The lowest BCUT2D eigenvalue weighted by molar-refractivity contribution is 1.28. The summed E-state index contributed by atoms with van der Waals surface area (Å²) in [6, 6.07) is 33.6. The number of nitrogens with zero attached hydrogens (tertiary/aromatic N) is 2. The number of nitrogens with one attached hydrogen (secondary N) is 2. The molecule has 0 unspecified atom stereocenters. The summed E-state index contributed by atoms with van der Waals surface area (Å²) in [5.74, 6) is 0. The molecule has 2 aliphatic heterocycles. The van der Waals surface area contributed by atoms with Gasteiger partial charge in [0.1, 0.15) is 0 Å². The van der Waals surface area contributed by atoms with Gasteiger partial charge in [-0.3, -0.25) is 0 Å². The Balaban J connectivity index is 1.65. The molecule has 0 saturated heterocycles. The summed E-state index contributed by atoms with van der Waals surface area (Å²) >= 11 is 0. The van der Waals surface area contributed by atoms with Gasteiger partial charge < -0.3 is 9.97 Å². The summed E-state index contributed by atoms with van der Waals surface area (Å²) in [5, 5.41) is 0. The maximum Gasteiger partial charge on any atom is 0.0737 e. The van der Waals surface area contributed by atoms with E-state index in [0.29, 0.717) is 0 Å². The lowest BCUT2D eigenvalue weighted by Crippen LogP contribution is -1.87. The highest BCUT2D eigenvalue weighted by Crippen LogP contribution is 2.36. The predicted octanol–water partition coefficient (Wildman–Crippen LogP) is 7.99. The van der Waals surface area contributed by atoms with Gasteiger partial charge >= 0.3 is 0 Å². The highest BCUT2D eigenvalue weighted by Gasteiger charge is 2.15. The SMILES string of the molecule is C1=Cc2cc3ccc(cc4cc(-c5ccccc5)c([nH]4)c(-c4ccccc4)c4nc(cc1n2)C=C4)[nH]3. The zero-order chi connectivity index (χ0) is 23.9. The smallest absolute Gasteiger partial charge is 0.0737 e. The molecule has 5 heterocycles. The van der Waals surface area contributed by atoms with Gasteiger partial charge in [0.15, 0.2) is 0 Å². The van der Waals surface area contributed by atoms with Crippen molar-refractivity contribution in [2.75, 3.05) is 0 Å². The van der Waals surface area contributed by atoms with Gasteiger partial charge in [0.2, 0.25) is 0 Å². The quantitative estimate of drug-likeness (QED) is 0.273. The minimum absolute atomic E-state index is 0.886. The van der Waals surface area contributed by atoms with Gasteiger partial charge in [-0.05, 0) is 71.8 Å². The number of aromatic amines is 2. The summed E-state index contributed by atoms with van der Waals surface area (Å²) in [7, 11) is 0.